The molecule has 0 saturated carbocycles. The maximum absolute atomic E-state index is 7.50. The van der Waals surface area contributed by atoms with Gasteiger partial charge in [0.1, 0.15) is 0 Å². The van der Waals surface area contributed by atoms with Gasteiger partial charge in [-0.1, -0.05) is 30.3 Å². The minimum absolute atomic E-state index is 0. The van der Waals surface area contributed by atoms with E-state index in [0.717, 1.165) is 37.3 Å². The zero-order valence-corrected chi connectivity index (χ0v) is 20.5. The van der Waals surface area contributed by atoms with Gasteiger partial charge in [-0.2, -0.15) is 0 Å². The molecule has 0 N–H and O–H groups in total. The Morgan fingerprint density at radius 1 is 0.970 bits per heavy atom. The van der Waals surface area contributed by atoms with E-state index in [0.29, 0.717) is 5.92 Å². The minimum atomic E-state index is 0. The van der Waals surface area contributed by atoms with Crippen LogP contribution in [-0.4, -0.2) is 19.9 Å². The smallest absolute Gasteiger partial charge is 0 e. The quantitative estimate of drug-likeness (QED) is 0.295. The van der Waals surface area contributed by atoms with E-state index in [1.807, 2.05) is 6.07 Å². The van der Waals surface area contributed by atoms with Gasteiger partial charge in [-0.15, -0.1) is 0 Å². The Hall–Kier alpha value is -2.54. The van der Waals surface area contributed by atoms with Crippen LogP contribution < -0.4 is 9.47 Å². The van der Waals surface area contributed by atoms with Crippen molar-refractivity contribution in [3.63, 3.8) is 0 Å². The number of hydrogen-bond acceptors (Lipinski definition) is 3. The van der Waals surface area contributed by atoms with Crippen LogP contribution in [0.4, 0.5) is 0 Å². The van der Waals surface area contributed by atoms with Crippen molar-refractivity contribution >= 4 is 5.71 Å². The summed E-state index contributed by atoms with van der Waals surface area (Å²) < 4.78 is 33.5. The van der Waals surface area contributed by atoms with Crippen molar-refractivity contribution in [2.75, 3.05) is 14.2 Å². The van der Waals surface area contributed by atoms with Crippen LogP contribution in [0.15, 0.2) is 47.5 Å². The molecule has 33 heavy (non-hydrogen) atoms. The fourth-order valence-corrected chi connectivity index (χ4v) is 3.80. The second kappa shape index (κ2) is 20.1. The molecule has 0 amide bonds. The summed E-state index contributed by atoms with van der Waals surface area (Å²) in [7, 11) is 3.42. The SMILES string of the molecule is COc1cc2c(cc1OC)[C@@H](CCC(C)=NCc1ccccc1)CCC2.[C-]#[O+].[C-]#[O+].[C-]#[O+].[Cr]. The third-order valence-corrected chi connectivity index (χ3v) is 5.31. The van der Waals surface area contributed by atoms with Crippen LogP contribution >= 0.6 is 0 Å². The Morgan fingerprint density at radius 3 is 2.12 bits per heavy atom. The number of methoxy groups -OCH3 is 2. The molecule has 1 aliphatic rings. The summed E-state index contributed by atoms with van der Waals surface area (Å²) in [6.45, 7) is 16.4. The number of rotatable bonds is 7. The topological polar surface area (TPSA) is 90.5 Å². The molecule has 2 aromatic carbocycles. The number of hydrogen-bond donors (Lipinski definition) is 0. The predicted molar refractivity (Wildman–Crippen MR) is 120 cm³/mol. The van der Waals surface area contributed by atoms with Crippen molar-refractivity contribution in [3.8, 4) is 11.5 Å². The predicted octanol–water partition coefficient (Wildman–Crippen LogP) is 5.45. The van der Waals surface area contributed by atoms with Gasteiger partial charge in [0.15, 0.2) is 11.5 Å². The number of aliphatic imine (C=N–C) groups is 1. The maximum Gasteiger partial charge on any atom is 0 e. The molecule has 3 rings (SSSR count). The summed E-state index contributed by atoms with van der Waals surface area (Å²) in [6.07, 6.45) is 5.81. The Morgan fingerprint density at radius 2 is 1.55 bits per heavy atom. The van der Waals surface area contributed by atoms with Crippen molar-refractivity contribution in [2.24, 2.45) is 4.99 Å². The second-order valence-electron chi connectivity index (χ2n) is 7.07. The average molecular weight is 488 g/mol. The molecule has 0 saturated heterocycles. The van der Waals surface area contributed by atoms with E-state index in [1.165, 1.54) is 35.2 Å². The first-order valence-corrected chi connectivity index (χ1v) is 10.1. The molecule has 0 radical (unpaired) electrons. The largest absolute Gasteiger partial charge is 0 e. The van der Waals surface area contributed by atoms with Gasteiger partial charge in [-0.05, 0) is 73.8 Å². The summed E-state index contributed by atoms with van der Waals surface area (Å²) in [6, 6.07) is 14.8. The van der Waals surface area contributed by atoms with Gasteiger partial charge in [0.25, 0.3) is 0 Å². The van der Waals surface area contributed by atoms with Crippen LogP contribution in [0, 0.1) is 20.0 Å². The first-order chi connectivity index (χ1) is 15.7. The van der Waals surface area contributed by atoms with E-state index in [9.17, 15) is 0 Å². The van der Waals surface area contributed by atoms with Crippen molar-refractivity contribution in [1.82, 2.24) is 0 Å². The van der Waals surface area contributed by atoms with Gasteiger partial charge in [0, 0.05) is 23.1 Å². The van der Waals surface area contributed by atoms with Crippen LogP contribution in [0.25, 0.3) is 0 Å². The number of aryl methyl sites for hydroxylation is 1. The first kappa shape index (κ1) is 32.6. The van der Waals surface area contributed by atoms with E-state index in [-0.39, 0.29) is 17.4 Å². The zero-order chi connectivity index (χ0) is 24.4. The molecule has 2 aromatic rings. The normalized spacial score (nSPS) is 13.5. The Balaban J connectivity index is 0. The van der Waals surface area contributed by atoms with Crippen molar-refractivity contribution in [2.45, 2.75) is 51.5 Å². The fraction of sp³-hybridized carbons (Fsp3) is 0.385. The second-order valence-corrected chi connectivity index (χ2v) is 7.07. The maximum atomic E-state index is 7.50. The van der Waals surface area contributed by atoms with Crippen molar-refractivity contribution in [3.05, 3.63) is 79.1 Å². The zero-order valence-electron chi connectivity index (χ0n) is 19.3. The number of benzene rings is 2. The van der Waals surface area contributed by atoms with Gasteiger partial charge in [0.05, 0.1) is 20.8 Å². The molecule has 0 aromatic heterocycles. The summed E-state index contributed by atoms with van der Waals surface area (Å²) in [5, 5.41) is 0. The minimum Gasteiger partial charge on any atom is 0 e. The van der Waals surface area contributed by atoms with E-state index in [2.05, 4.69) is 63.3 Å². The summed E-state index contributed by atoms with van der Waals surface area (Å²) >= 11 is 0. The van der Waals surface area contributed by atoms with E-state index >= 15 is 0 Å². The summed E-state index contributed by atoms with van der Waals surface area (Å²) in [4.78, 5) is 4.77. The third kappa shape index (κ3) is 10.8. The summed E-state index contributed by atoms with van der Waals surface area (Å²) in [5.74, 6) is 2.26. The molecule has 174 valence electrons. The Bertz CT molecular complexity index is 877. The van der Waals surface area contributed by atoms with E-state index in [4.69, 9.17) is 28.4 Å². The molecule has 7 heteroatoms. The van der Waals surface area contributed by atoms with Crippen molar-refractivity contribution < 1.29 is 40.8 Å². The number of fused-ring (bicyclic) bond motifs is 1. The standard InChI is InChI=1S/C23H29NO2.3CO.Cr/c1-17(24-16-18-8-5-4-6-9-18)12-13-19-10-7-11-20-14-22(25-2)23(26-3)15-21(19)20;3*1-2;/h4-6,8-9,14-15,19H,7,10-13,16H2,1-3H3;;;;/t19-;;;;/m1..../s1. The van der Waals surface area contributed by atoms with Gasteiger partial charge >= 0.3 is 33.9 Å². The van der Waals surface area contributed by atoms with E-state index in [1.54, 1.807) is 14.2 Å². The molecule has 0 bridgehead atoms. The molecular weight excluding hydrogens is 458 g/mol. The monoisotopic (exact) mass is 487 g/mol. The Labute approximate surface area is 207 Å². The number of ether oxygens (including phenoxy) is 2. The molecule has 0 fully saturated rings. The van der Waals surface area contributed by atoms with Crippen molar-refractivity contribution in [1.29, 1.82) is 0 Å². The van der Waals surface area contributed by atoms with Gasteiger partial charge in [0.2, 0.25) is 0 Å². The third-order valence-electron chi connectivity index (χ3n) is 5.31. The molecule has 6 nitrogen and oxygen atoms in total. The van der Waals surface area contributed by atoms with Gasteiger partial charge in [-0.25, -0.2) is 0 Å². The molecule has 1 aliphatic carbocycles. The first-order valence-electron chi connectivity index (χ1n) is 10.1. The molecule has 1 atom stereocenters. The summed E-state index contributed by atoms with van der Waals surface area (Å²) in [5.41, 5.74) is 5.36. The Kier molecular flexibility index (Phi) is 19.9. The van der Waals surface area contributed by atoms with Crippen LogP contribution in [0.3, 0.4) is 0 Å². The van der Waals surface area contributed by atoms with Crippen LogP contribution in [-0.2, 0) is 44.3 Å². The molecular formula is C26H29CrNO5. The average Bonchev–Trinajstić information content (AvgIpc) is 2.89. The molecule has 0 heterocycles. The molecule has 0 aliphatic heterocycles. The fourth-order valence-electron chi connectivity index (χ4n) is 3.80. The molecule has 0 unspecified atom stereocenters. The van der Waals surface area contributed by atoms with Crippen LogP contribution in [0.2, 0.25) is 0 Å². The number of nitrogens with zero attached hydrogens (tertiary/aromatic N) is 1. The van der Waals surface area contributed by atoms with E-state index < -0.39 is 0 Å². The van der Waals surface area contributed by atoms with Gasteiger partial charge in [-0.3, -0.25) is 4.99 Å². The van der Waals surface area contributed by atoms with Crippen LogP contribution in [0.5, 0.6) is 11.5 Å². The van der Waals surface area contributed by atoms with Gasteiger partial charge < -0.3 is 9.47 Å². The molecule has 0 spiro atoms. The van der Waals surface area contributed by atoms with Crippen LogP contribution in [0.1, 0.15) is 55.2 Å².